The number of nitrogens with zero attached hydrogens (tertiary/aromatic N) is 1. The Morgan fingerprint density at radius 1 is 1.06 bits per heavy atom. The van der Waals surface area contributed by atoms with Crippen LogP contribution in [0.3, 0.4) is 0 Å². The summed E-state index contributed by atoms with van der Waals surface area (Å²) >= 11 is 0. The second-order valence-corrected chi connectivity index (χ2v) is 4.00. The Morgan fingerprint density at radius 2 is 1.50 bits per heavy atom. The van der Waals surface area contributed by atoms with Gasteiger partial charge in [-0.15, -0.1) is 0 Å². The molecule has 0 amide bonds. The molecular formula is C14H23NO. The van der Waals surface area contributed by atoms with Gasteiger partial charge in [-0.2, -0.15) is 0 Å². The topological polar surface area (TPSA) is 20.3 Å². The Hall–Kier alpha value is -1.31. The zero-order valence-corrected chi connectivity index (χ0v) is 11.1. The number of anilines is 1. The van der Waals surface area contributed by atoms with Gasteiger partial charge in [0.05, 0.1) is 0 Å². The number of carbonyl (C=O) groups excluding carboxylic acids is 1. The van der Waals surface area contributed by atoms with Crippen molar-refractivity contribution in [2.24, 2.45) is 0 Å². The Balaban J connectivity index is 0.000000487. The second kappa shape index (κ2) is 7.91. The minimum absolute atomic E-state index is 0.111. The molecule has 2 heteroatoms. The lowest BCUT2D eigenvalue weighted by molar-refractivity contribution is 0.101. The molecule has 2 nitrogen and oxygen atoms in total. The molecular weight excluding hydrogens is 198 g/mol. The van der Waals surface area contributed by atoms with Gasteiger partial charge >= 0.3 is 0 Å². The molecule has 1 aromatic carbocycles. The van der Waals surface area contributed by atoms with Gasteiger partial charge in [-0.1, -0.05) is 26.7 Å². The maximum Gasteiger partial charge on any atom is 0.159 e. The van der Waals surface area contributed by atoms with Gasteiger partial charge in [-0.25, -0.2) is 0 Å². The summed E-state index contributed by atoms with van der Waals surface area (Å²) in [6, 6.07) is 7.57. The van der Waals surface area contributed by atoms with Crippen molar-refractivity contribution in [3.05, 3.63) is 29.8 Å². The van der Waals surface area contributed by atoms with E-state index in [9.17, 15) is 4.79 Å². The monoisotopic (exact) mass is 221 g/mol. The first-order valence-electron chi connectivity index (χ1n) is 5.81. The van der Waals surface area contributed by atoms with Crippen molar-refractivity contribution in [1.29, 1.82) is 0 Å². The van der Waals surface area contributed by atoms with Crippen LogP contribution < -0.4 is 4.90 Å². The Bertz CT molecular complexity index is 299. The van der Waals surface area contributed by atoms with Crippen LogP contribution in [-0.2, 0) is 0 Å². The lowest BCUT2D eigenvalue weighted by Crippen LogP contribution is -2.08. The number of ketones is 1. The summed E-state index contributed by atoms with van der Waals surface area (Å²) < 4.78 is 0. The van der Waals surface area contributed by atoms with Gasteiger partial charge in [0, 0.05) is 25.3 Å². The van der Waals surface area contributed by atoms with Crippen LogP contribution in [0.15, 0.2) is 24.3 Å². The van der Waals surface area contributed by atoms with E-state index in [1.165, 1.54) is 12.8 Å². The summed E-state index contributed by atoms with van der Waals surface area (Å²) in [6.45, 7) is 5.94. The fourth-order valence-electron chi connectivity index (χ4n) is 0.994. The highest BCUT2D eigenvalue weighted by atomic mass is 16.1. The SMILES string of the molecule is CC(=O)c1ccc(N(C)C)cc1.CCCC. The van der Waals surface area contributed by atoms with E-state index >= 15 is 0 Å². The van der Waals surface area contributed by atoms with Gasteiger partial charge in [0.2, 0.25) is 0 Å². The number of unbranched alkanes of at least 4 members (excludes halogenated alkanes) is 1. The Kier molecular flexibility index (Phi) is 7.27. The summed E-state index contributed by atoms with van der Waals surface area (Å²) in [5.41, 5.74) is 1.88. The van der Waals surface area contributed by atoms with Crippen molar-refractivity contribution in [3.63, 3.8) is 0 Å². The zero-order valence-electron chi connectivity index (χ0n) is 11.1. The first-order valence-corrected chi connectivity index (χ1v) is 5.81. The van der Waals surface area contributed by atoms with Gasteiger partial charge in [0.15, 0.2) is 5.78 Å². The minimum atomic E-state index is 0.111. The van der Waals surface area contributed by atoms with Crippen molar-refractivity contribution < 1.29 is 4.79 Å². The average Bonchev–Trinajstić information content (AvgIpc) is 2.29. The quantitative estimate of drug-likeness (QED) is 0.724. The van der Waals surface area contributed by atoms with E-state index in [-0.39, 0.29) is 5.78 Å². The lowest BCUT2D eigenvalue weighted by atomic mass is 10.1. The van der Waals surface area contributed by atoms with E-state index in [4.69, 9.17) is 0 Å². The molecule has 0 aliphatic heterocycles. The van der Waals surface area contributed by atoms with Gasteiger partial charge in [0.25, 0.3) is 0 Å². The molecule has 0 aliphatic rings. The number of Topliss-reactive ketones (excluding diaryl/α,β-unsaturated/α-hetero) is 1. The van der Waals surface area contributed by atoms with Crippen LogP contribution in [0, 0.1) is 0 Å². The molecule has 0 aliphatic carbocycles. The highest BCUT2D eigenvalue weighted by Crippen LogP contribution is 2.12. The normalized spacial score (nSPS) is 9.06. The Labute approximate surface area is 99.3 Å². The first kappa shape index (κ1) is 14.7. The predicted octanol–water partition coefficient (Wildman–Crippen LogP) is 3.76. The highest BCUT2D eigenvalue weighted by Gasteiger charge is 1.98. The van der Waals surface area contributed by atoms with Crippen LogP contribution in [0.5, 0.6) is 0 Å². The minimum Gasteiger partial charge on any atom is -0.378 e. The van der Waals surface area contributed by atoms with Crippen LogP contribution in [0.2, 0.25) is 0 Å². The smallest absolute Gasteiger partial charge is 0.159 e. The predicted molar refractivity (Wildman–Crippen MR) is 71.4 cm³/mol. The molecule has 0 heterocycles. The van der Waals surface area contributed by atoms with Crippen LogP contribution in [0.4, 0.5) is 5.69 Å². The largest absolute Gasteiger partial charge is 0.378 e. The van der Waals surface area contributed by atoms with Crippen molar-refractivity contribution in [1.82, 2.24) is 0 Å². The van der Waals surface area contributed by atoms with Crippen LogP contribution in [0.1, 0.15) is 44.0 Å². The molecule has 0 bridgehead atoms. The summed E-state index contributed by atoms with van der Waals surface area (Å²) in [7, 11) is 3.95. The molecule has 1 aromatic rings. The van der Waals surface area contributed by atoms with Crippen molar-refractivity contribution in [2.75, 3.05) is 19.0 Å². The summed E-state index contributed by atoms with van der Waals surface area (Å²) in [6.07, 6.45) is 2.64. The highest BCUT2D eigenvalue weighted by molar-refractivity contribution is 5.94. The molecule has 1 rings (SSSR count). The zero-order chi connectivity index (χ0) is 12.6. The molecule has 0 fully saturated rings. The van der Waals surface area contributed by atoms with Crippen molar-refractivity contribution in [2.45, 2.75) is 33.6 Å². The number of carbonyl (C=O) groups is 1. The van der Waals surface area contributed by atoms with Crippen LogP contribution in [-0.4, -0.2) is 19.9 Å². The molecule has 16 heavy (non-hydrogen) atoms. The second-order valence-electron chi connectivity index (χ2n) is 4.00. The summed E-state index contributed by atoms with van der Waals surface area (Å²) in [5.74, 6) is 0.111. The van der Waals surface area contributed by atoms with E-state index in [0.29, 0.717) is 0 Å². The van der Waals surface area contributed by atoms with Crippen molar-refractivity contribution >= 4 is 11.5 Å². The number of rotatable bonds is 3. The molecule has 0 spiro atoms. The van der Waals surface area contributed by atoms with Crippen LogP contribution in [0.25, 0.3) is 0 Å². The summed E-state index contributed by atoms with van der Waals surface area (Å²) in [5, 5.41) is 0. The Morgan fingerprint density at radius 3 is 1.75 bits per heavy atom. The van der Waals surface area contributed by atoms with E-state index in [2.05, 4.69) is 13.8 Å². The van der Waals surface area contributed by atoms with Gasteiger partial charge in [-0.05, 0) is 31.2 Å². The first-order chi connectivity index (χ1) is 7.52. The van der Waals surface area contributed by atoms with Gasteiger partial charge in [-0.3, -0.25) is 4.79 Å². The van der Waals surface area contributed by atoms with Gasteiger partial charge < -0.3 is 4.90 Å². The fraction of sp³-hybridized carbons (Fsp3) is 0.500. The number of hydrogen-bond acceptors (Lipinski definition) is 2. The molecule has 0 N–H and O–H groups in total. The van der Waals surface area contributed by atoms with Crippen molar-refractivity contribution in [3.8, 4) is 0 Å². The third-order valence-electron chi connectivity index (χ3n) is 2.29. The van der Waals surface area contributed by atoms with E-state index < -0.39 is 0 Å². The van der Waals surface area contributed by atoms with E-state index in [1.807, 2.05) is 43.3 Å². The molecule has 0 aromatic heterocycles. The van der Waals surface area contributed by atoms with E-state index in [0.717, 1.165) is 11.3 Å². The maximum atomic E-state index is 10.9. The molecule has 0 radical (unpaired) electrons. The van der Waals surface area contributed by atoms with Crippen LogP contribution >= 0.6 is 0 Å². The lowest BCUT2D eigenvalue weighted by Gasteiger charge is -2.11. The number of benzene rings is 1. The van der Waals surface area contributed by atoms with Gasteiger partial charge in [0.1, 0.15) is 0 Å². The van der Waals surface area contributed by atoms with E-state index in [1.54, 1.807) is 6.92 Å². The molecule has 0 saturated carbocycles. The molecule has 0 saturated heterocycles. The third kappa shape index (κ3) is 5.54. The molecule has 90 valence electrons. The average molecular weight is 221 g/mol. The third-order valence-corrected chi connectivity index (χ3v) is 2.29. The number of hydrogen-bond donors (Lipinski definition) is 0. The standard InChI is InChI=1S/C10H13NO.C4H10/c1-8(12)9-4-6-10(7-5-9)11(2)3;1-3-4-2/h4-7H,1-3H3;3-4H2,1-2H3. The maximum absolute atomic E-state index is 10.9. The summed E-state index contributed by atoms with van der Waals surface area (Å²) in [4.78, 5) is 12.9. The molecule has 0 atom stereocenters. The molecule has 0 unspecified atom stereocenters. The fourth-order valence-corrected chi connectivity index (χ4v) is 0.994.